The van der Waals surface area contributed by atoms with E-state index in [1.54, 1.807) is 13.2 Å². The van der Waals surface area contributed by atoms with E-state index in [-0.39, 0.29) is 17.5 Å². The average Bonchev–Trinajstić information content (AvgIpc) is 3.23. The molecule has 0 bridgehead atoms. The third kappa shape index (κ3) is 5.04. The Hall–Kier alpha value is -2.93. The smallest absolute Gasteiger partial charge is 0.269 e. The van der Waals surface area contributed by atoms with E-state index in [0.29, 0.717) is 24.4 Å². The lowest BCUT2D eigenvalue weighted by Crippen LogP contribution is -2.28. The number of aromatic nitrogens is 1. The summed E-state index contributed by atoms with van der Waals surface area (Å²) in [6.07, 6.45) is 3.90. The van der Waals surface area contributed by atoms with Gasteiger partial charge in [0.15, 0.2) is 0 Å². The fourth-order valence-corrected chi connectivity index (χ4v) is 2.99. The van der Waals surface area contributed by atoms with Gasteiger partial charge in [-0.3, -0.25) is 14.6 Å². The van der Waals surface area contributed by atoms with Crippen molar-refractivity contribution in [2.24, 2.45) is 0 Å². The van der Waals surface area contributed by atoms with Gasteiger partial charge in [-0.2, -0.15) is 0 Å². The van der Waals surface area contributed by atoms with E-state index in [0.717, 1.165) is 13.1 Å². The van der Waals surface area contributed by atoms with Crippen molar-refractivity contribution in [2.75, 3.05) is 43.6 Å². The summed E-state index contributed by atoms with van der Waals surface area (Å²) in [6.45, 7) is 2.96. The van der Waals surface area contributed by atoms with Crippen LogP contribution in [0.5, 0.6) is 0 Å². The first-order valence-electron chi connectivity index (χ1n) is 9.07. The van der Waals surface area contributed by atoms with Gasteiger partial charge in [0, 0.05) is 49.9 Å². The number of pyridine rings is 1. The molecule has 1 saturated heterocycles. The van der Waals surface area contributed by atoms with Crippen molar-refractivity contribution in [1.29, 1.82) is 0 Å². The van der Waals surface area contributed by atoms with Gasteiger partial charge in [0.25, 0.3) is 11.8 Å². The molecule has 0 atom stereocenters. The van der Waals surface area contributed by atoms with E-state index in [1.807, 2.05) is 24.3 Å². The van der Waals surface area contributed by atoms with Crippen molar-refractivity contribution < 1.29 is 14.3 Å². The van der Waals surface area contributed by atoms with Gasteiger partial charge in [0.05, 0.1) is 6.61 Å². The monoisotopic (exact) mass is 368 g/mol. The Labute approximate surface area is 158 Å². The maximum absolute atomic E-state index is 12.5. The lowest BCUT2D eigenvalue weighted by Gasteiger charge is -2.17. The molecule has 2 N–H and O–H groups in total. The number of benzene rings is 1. The minimum Gasteiger partial charge on any atom is -0.383 e. The van der Waals surface area contributed by atoms with Crippen molar-refractivity contribution in [2.45, 2.75) is 12.8 Å². The Bertz CT molecular complexity index is 786. The third-order valence-electron chi connectivity index (χ3n) is 4.44. The summed E-state index contributed by atoms with van der Waals surface area (Å²) in [5, 5.41) is 5.54. The number of amides is 2. The Morgan fingerprint density at radius 1 is 1.11 bits per heavy atom. The van der Waals surface area contributed by atoms with Crippen molar-refractivity contribution in [3.63, 3.8) is 0 Å². The first-order valence-corrected chi connectivity index (χ1v) is 9.07. The normalized spacial score (nSPS) is 13.4. The topological polar surface area (TPSA) is 83.6 Å². The highest BCUT2D eigenvalue weighted by atomic mass is 16.5. The average molecular weight is 368 g/mol. The molecule has 2 aromatic rings. The van der Waals surface area contributed by atoms with Gasteiger partial charge in [0.1, 0.15) is 5.69 Å². The van der Waals surface area contributed by atoms with E-state index in [9.17, 15) is 9.59 Å². The van der Waals surface area contributed by atoms with Crippen molar-refractivity contribution in [3.8, 4) is 0 Å². The number of nitrogens with zero attached hydrogens (tertiary/aromatic N) is 2. The molecular weight excluding hydrogens is 344 g/mol. The van der Waals surface area contributed by atoms with E-state index >= 15 is 0 Å². The number of nitrogens with one attached hydrogen (secondary N) is 2. The number of hydrogen-bond acceptors (Lipinski definition) is 5. The summed E-state index contributed by atoms with van der Waals surface area (Å²) in [4.78, 5) is 30.9. The Morgan fingerprint density at radius 2 is 1.85 bits per heavy atom. The largest absolute Gasteiger partial charge is 0.383 e. The molecule has 1 fully saturated rings. The first kappa shape index (κ1) is 18.8. The molecule has 1 aromatic heterocycles. The summed E-state index contributed by atoms with van der Waals surface area (Å²) in [6, 6.07) is 10.9. The highest BCUT2D eigenvalue weighted by molar-refractivity contribution is 6.05. The number of rotatable bonds is 7. The molecule has 0 spiro atoms. The number of carbonyl (C=O) groups excluding carboxylic acids is 2. The third-order valence-corrected chi connectivity index (χ3v) is 4.44. The quantitative estimate of drug-likeness (QED) is 0.733. The molecule has 7 nitrogen and oxygen atoms in total. The molecule has 2 amide bonds. The minimum atomic E-state index is -0.336. The van der Waals surface area contributed by atoms with Crippen molar-refractivity contribution in [3.05, 3.63) is 53.9 Å². The molecule has 2 heterocycles. The fourth-order valence-electron chi connectivity index (χ4n) is 2.99. The van der Waals surface area contributed by atoms with Crippen LogP contribution in [-0.4, -0.2) is 50.1 Å². The molecule has 1 aliphatic rings. The lowest BCUT2D eigenvalue weighted by atomic mass is 10.2. The van der Waals surface area contributed by atoms with Gasteiger partial charge in [-0.05, 0) is 49.2 Å². The van der Waals surface area contributed by atoms with Crippen LogP contribution >= 0.6 is 0 Å². The van der Waals surface area contributed by atoms with Crippen LogP contribution in [0.3, 0.4) is 0 Å². The zero-order valence-corrected chi connectivity index (χ0v) is 15.4. The summed E-state index contributed by atoms with van der Waals surface area (Å²) in [5.74, 6) is -0.617. The van der Waals surface area contributed by atoms with Crippen LogP contribution in [0, 0.1) is 0 Å². The molecule has 7 heteroatoms. The van der Waals surface area contributed by atoms with Gasteiger partial charge >= 0.3 is 0 Å². The fraction of sp³-hybridized carbons (Fsp3) is 0.350. The number of carbonyl (C=O) groups is 2. The van der Waals surface area contributed by atoms with Crippen LogP contribution in [0.1, 0.15) is 33.7 Å². The lowest BCUT2D eigenvalue weighted by molar-refractivity contribution is 0.0932. The highest BCUT2D eigenvalue weighted by Gasteiger charge is 2.14. The van der Waals surface area contributed by atoms with Gasteiger partial charge in [-0.15, -0.1) is 0 Å². The highest BCUT2D eigenvalue weighted by Crippen LogP contribution is 2.22. The summed E-state index contributed by atoms with van der Waals surface area (Å²) in [7, 11) is 1.56. The summed E-state index contributed by atoms with van der Waals surface area (Å²) < 4.78 is 4.90. The predicted octanol–water partition coefficient (Wildman–Crippen LogP) is 2.31. The van der Waals surface area contributed by atoms with E-state index in [4.69, 9.17) is 4.74 Å². The summed E-state index contributed by atoms with van der Waals surface area (Å²) in [5.41, 5.74) is 2.46. The van der Waals surface area contributed by atoms with Crippen LogP contribution < -0.4 is 15.5 Å². The molecule has 0 unspecified atom stereocenters. The van der Waals surface area contributed by atoms with Gasteiger partial charge < -0.3 is 20.3 Å². The predicted molar refractivity (Wildman–Crippen MR) is 104 cm³/mol. The van der Waals surface area contributed by atoms with Gasteiger partial charge in [-0.1, -0.05) is 0 Å². The van der Waals surface area contributed by atoms with Crippen molar-refractivity contribution >= 4 is 23.2 Å². The second-order valence-corrected chi connectivity index (χ2v) is 6.37. The molecular formula is C20H24N4O3. The number of hydrogen-bond donors (Lipinski definition) is 2. The van der Waals surface area contributed by atoms with Crippen LogP contribution in [0.25, 0.3) is 0 Å². The number of anilines is 2. The second-order valence-electron chi connectivity index (χ2n) is 6.37. The first-order chi connectivity index (χ1) is 13.2. The molecule has 142 valence electrons. The Morgan fingerprint density at radius 3 is 2.56 bits per heavy atom. The number of ether oxygens (including phenoxy) is 1. The van der Waals surface area contributed by atoms with E-state index in [1.165, 1.54) is 30.8 Å². The molecule has 0 aliphatic carbocycles. The molecule has 3 rings (SSSR count). The standard InChI is InChI=1S/C20H24N4O3/c1-27-13-10-22-20(26)18-14-15(8-9-21-18)19(25)23-16-4-6-17(7-5-16)24-11-2-3-12-24/h4-9,14H,2-3,10-13H2,1H3,(H,22,26)(H,23,25). The number of methoxy groups -OCH3 is 1. The minimum absolute atomic E-state index is 0.197. The van der Waals surface area contributed by atoms with Gasteiger partial charge in [0.2, 0.25) is 0 Å². The van der Waals surface area contributed by atoms with E-state index < -0.39 is 0 Å². The van der Waals surface area contributed by atoms with Gasteiger partial charge in [-0.25, -0.2) is 0 Å². The maximum Gasteiger partial charge on any atom is 0.269 e. The van der Waals surface area contributed by atoms with Crippen LogP contribution in [0.2, 0.25) is 0 Å². The van der Waals surface area contributed by atoms with Crippen LogP contribution in [-0.2, 0) is 4.74 Å². The summed E-state index contributed by atoms with van der Waals surface area (Å²) >= 11 is 0. The zero-order chi connectivity index (χ0) is 19.1. The van der Waals surface area contributed by atoms with E-state index in [2.05, 4.69) is 20.5 Å². The molecule has 0 radical (unpaired) electrons. The zero-order valence-electron chi connectivity index (χ0n) is 15.4. The van der Waals surface area contributed by atoms with Crippen LogP contribution in [0.15, 0.2) is 42.6 Å². The molecule has 1 aromatic carbocycles. The molecule has 27 heavy (non-hydrogen) atoms. The second kappa shape index (κ2) is 9.14. The maximum atomic E-state index is 12.5. The molecule has 0 saturated carbocycles. The van der Waals surface area contributed by atoms with Crippen molar-refractivity contribution in [1.82, 2.24) is 10.3 Å². The Balaban J connectivity index is 1.62. The van der Waals surface area contributed by atoms with Crippen LogP contribution in [0.4, 0.5) is 11.4 Å². The molecule has 1 aliphatic heterocycles. The SMILES string of the molecule is COCCNC(=O)c1cc(C(=O)Nc2ccc(N3CCCC3)cc2)ccn1. The Kier molecular flexibility index (Phi) is 6.38.